The van der Waals surface area contributed by atoms with Crippen molar-refractivity contribution in [1.82, 2.24) is 5.32 Å². The summed E-state index contributed by atoms with van der Waals surface area (Å²) < 4.78 is 14.3. The SMILES string of the molecule is C=C(C)C(=O)OCCCNC(=O)OCCOC(=O)C(=C)C. The number of esters is 2. The summed E-state index contributed by atoms with van der Waals surface area (Å²) >= 11 is 0. The van der Waals surface area contributed by atoms with Crippen LogP contribution in [0.1, 0.15) is 20.3 Å². The average Bonchev–Trinajstić information content (AvgIpc) is 2.42. The van der Waals surface area contributed by atoms with Crippen LogP contribution in [0.4, 0.5) is 4.79 Å². The Bertz CT molecular complexity index is 416. The van der Waals surface area contributed by atoms with Gasteiger partial charge in [0.1, 0.15) is 13.2 Å². The van der Waals surface area contributed by atoms with Gasteiger partial charge in [0, 0.05) is 17.7 Å². The first-order chi connectivity index (χ1) is 9.84. The van der Waals surface area contributed by atoms with Crippen LogP contribution in [0.3, 0.4) is 0 Å². The molecule has 0 unspecified atom stereocenters. The van der Waals surface area contributed by atoms with E-state index in [1.54, 1.807) is 6.92 Å². The largest absolute Gasteiger partial charge is 0.462 e. The fourth-order valence-corrected chi connectivity index (χ4v) is 0.994. The van der Waals surface area contributed by atoms with E-state index in [2.05, 4.69) is 18.5 Å². The van der Waals surface area contributed by atoms with Crippen molar-refractivity contribution >= 4 is 18.0 Å². The van der Waals surface area contributed by atoms with E-state index in [1.807, 2.05) is 0 Å². The molecule has 0 aliphatic heterocycles. The number of rotatable bonds is 9. The predicted octanol–water partition coefficient (Wildman–Crippen LogP) is 1.34. The smallest absolute Gasteiger partial charge is 0.407 e. The fourth-order valence-electron chi connectivity index (χ4n) is 0.994. The van der Waals surface area contributed by atoms with Crippen LogP contribution in [0, 0.1) is 0 Å². The second-order valence-electron chi connectivity index (χ2n) is 4.25. The summed E-state index contributed by atoms with van der Waals surface area (Å²) in [5.41, 5.74) is 0.607. The van der Waals surface area contributed by atoms with E-state index in [-0.39, 0.29) is 25.4 Å². The van der Waals surface area contributed by atoms with Crippen LogP contribution < -0.4 is 5.32 Å². The molecule has 0 radical (unpaired) electrons. The van der Waals surface area contributed by atoms with Crippen LogP contribution in [0.15, 0.2) is 24.3 Å². The molecule has 1 amide bonds. The van der Waals surface area contributed by atoms with Gasteiger partial charge in [-0.3, -0.25) is 0 Å². The van der Waals surface area contributed by atoms with Crippen molar-refractivity contribution < 1.29 is 28.6 Å². The zero-order valence-corrected chi connectivity index (χ0v) is 12.4. The first kappa shape index (κ1) is 18.7. The molecule has 7 heteroatoms. The van der Waals surface area contributed by atoms with E-state index in [4.69, 9.17) is 14.2 Å². The Hall–Kier alpha value is -2.31. The second-order valence-corrected chi connectivity index (χ2v) is 4.25. The number of hydrogen-bond acceptors (Lipinski definition) is 6. The Kier molecular flexibility index (Phi) is 9.32. The highest BCUT2D eigenvalue weighted by atomic mass is 16.6. The molecule has 1 N–H and O–H groups in total. The van der Waals surface area contributed by atoms with E-state index in [1.165, 1.54) is 6.92 Å². The summed E-state index contributed by atoms with van der Waals surface area (Å²) in [6.07, 6.45) is -0.175. The highest BCUT2D eigenvalue weighted by molar-refractivity contribution is 5.87. The predicted molar refractivity (Wildman–Crippen MR) is 75.5 cm³/mol. The van der Waals surface area contributed by atoms with E-state index >= 15 is 0 Å². The zero-order chi connectivity index (χ0) is 16.3. The Morgan fingerprint density at radius 1 is 0.857 bits per heavy atom. The number of ether oxygens (including phenoxy) is 3. The van der Waals surface area contributed by atoms with Gasteiger partial charge in [0.25, 0.3) is 0 Å². The summed E-state index contributed by atoms with van der Waals surface area (Å²) in [7, 11) is 0. The maximum atomic E-state index is 11.2. The first-order valence-electron chi connectivity index (χ1n) is 6.40. The van der Waals surface area contributed by atoms with Crippen molar-refractivity contribution in [2.24, 2.45) is 0 Å². The van der Waals surface area contributed by atoms with Gasteiger partial charge in [-0.1, -0.05) is 13.2 Å². The Morgan fingerprint density at radius 2 is 1.33 bits per heavy atom. The Labute approximate surface area is 123 Å². The molecule has 118 valence electrons. The van der Waals surface area contributed by atoms with Crippen molar-refractivity contribution in [3.63, 3.8) is 0 Å². The van der Waals surface area contributed by atoms with Crippen LogP contribution in [-0.2, 0) is 23.8 Å². The molecule has 0 atom stereocenters. The van der Waals surface area contributed by atoms with E-state index in [9.17, 15) is 14.4 Å². The Balaban J connectivity index is 3.51. The monoisotopic (exact) mass is 299 g/mol. The third-order valence-corrected chi connectivity index (χ3v) is 2.07. The number of carbonyl (C=O) groups is 3. The molecule has 0 rings (SSSR count). The molecule has 0 aromatic heterocycles. The third kappa shape index (κ3) is 10.2. The lowest BCUT2D eigenvalue weighted by molar-refractivity contribution is -0.140. The maximum Gasteiger partial charge on any atom is 0.407 e. The van der Waals surface area contributed by atoms with E-state index in [0.717, 1.165) is 0 Å². The molecule has 0 heterocycles. The molecule has 21 heavy (non-hydrogen) atoms. The van der Waals surface area contributed by atoms with Crippen LogP contribution >= 0.6 is 0 Å². The molecule has 0 bridgehead atoms. The summed E-state index contributed by atoms with van der Waals surface area (Å²) in [6, 6.07) is 0. The second kappa shape index (κ2) is 10.5. The molecule has 7 nitrogen and oxygen atoms in total. The van der Waals surface area contributed by atoms with Crippen LogP contribution in [0.5, 0.6) is 0 Å². The zero-order valence-electron chi connectivity index (χ0n) is 12.4. The number of carbonyl (C=O) groups excluding carboxylic acids is 3. The summed E-state index contributed by atoms with van der Waals surface area (Å²) in [5, 5.41) is 2.46. The first-order valence-corrected chi connectivity index (χ1v) is 6.40. The lowest BCUT2D eigenvalue weighted by atomic mass is 10.3. The summed E-state index contributed by atoms with van der Waals surface area (Å²) in [5.74, 6) is -0.991. The Morgan fingerprint density at radius 3 is 1.86 bits per heavy atom. The molecule has 0 fully saturated rings. The molecular weight excluding hydrogens is 278 g/mol. The molecular formula is C14H21NO6. The molecule has 0 aliphatic carbocycles. The van der Waals surface area contributed by atoms with Crippen LogP contribution in [-0.4, -0.2) is 44.4 Å². The molecule has 0 saturated heterocycles. The van der Waals surface area contributed by atoms with Gasteiger partial charge < -0.3 is 19.5 Å². The van der Waals surface area contributed by atoms with Crippen LogP contribution in [0.25, 0.3) is 0 Å². The number of alkyl carbamates (subject to hydrolysis) is 1. The lowest BCUT2D eigenvalue weighted by Crippen LogP contribution is -2.27. The number of amides is 1. The van der Waals surface area contributed by atoms with Crippen molar-refractivity contribution in [3.8, 4) is 0 Å². The number of nitrogens with one attached hydrogen (secondary N) is 1. The average molecular weight is 299 g/mol. The highest BCUT2D eigenvalue weighted by Gasteiger charge is 2.05. The lowest BCUT2D eigenvalue weighted by Gasteiger charge is -2.08. The van der Waals surface area contributed by atoms with Gasteiger partial charge in [0.15, 0.2) is 0 Å². The van der Waals surface area contributed by atoms with Gasteiger partial charge in [-0.25, -0.2) is 14.4 Å². The molecule has 0 aromatic carbocycles. The molecule has 0 aromatic rings. The normalized spacial score (nSPS) is 9.43. The van der Waals surface area contributed by atoms with E-state index in [0.29, 0.717) is 18.5 Å². The maximum absolute atomic E-state index is 11.2. The minimum Gasteiger partial charge on any atom is -0.462 e. The van der Waals surface area contributed by atoms with Gasteiger partial charge in [-0.15, -0.1) is 0 Å². The van der Waals surface area contributed by atoms with Crippen molar-refractivity contribution in [2.75, 3.05) is 26.4 Å². The standard InChI is InChI=1S/C14H21NO6/c1-10(2)12(16)19-7-5-6-15-14(18)21-9-8-20-13(17)11(3)4/h1,3,5-9H2,2,4H3,(H,15,18). The van der Waals surface area contributed by atoms with Gasteiger partial charge >= 0.3 is 18.0 Å². The quantitative estimate of drug-likeness (QED) is 0.299. The molecule has 0 saturated carbocycles. The van der Waals surface area contributed by atoms with Gasteiger partial charge in [-0.2, -0.15) is 0 Å². The topological polar surface area (TPSA) is 90.9 Å². The van der Waals surface area contributed by atoms with Crippen molar-refractivity contribution in [2.45, 2.75) is 20.3 Å². The van der Waals surface area contributed by atoms with Crippen LogP contribution in [0.2, 0.25) is 0 Å². The molecule has 0 aliphatic rings. The van der Waals surface area contributed by atoms with Crippen molar-refractivity contribution in [3.05, 3.63) is 24.3 Å². The minimum atomic E-state index is -0.632. The minimum absolute atomic E-state index is 0.0324. The van der Waals surface area contributed by atoms with Gasteiger partial charge in [0.05, 0.1) is 6.61 Å². The summed E-state index contributed by atoms with van der Waals surface area (Å²) in [6.45, 7) is 10.3. The van der Waals surface area contributed by atoms with Crippen molar-refractivity contribution in [1.29, 1.82) is 0 Å². The fraction of sp³-hybridized carbons (Fsp3) is 0.500. The van der Waals surface area contributed by atoms with Gasteiger partial charge in [0.2, 0.25) is 0 Å². The molecule has 0 spiro atoms. The van der Waals surface area contributed by atoms with E-state index < -0.39 is 18.0 Å². The number of hydrogen-bond donors (Lipinski definition) is 1. The third-order valence-electron chi connectivity index (χ3n) is 2.07. The summed E-state index contributed by atoms with van der Waals surface area (Å²) in [4.78, 5) is 33.3. The highest BCUT2D eigenvalue weighted by Crippen LogP contribution is 1.93. The van der Waals surface area contributed by atoms with Gasteiger partial charge in [-0.05, 0) is 20.3 Å².